The van der Waals surface area contributed by atoms with E-state index in [-0.39, 0.29) is 0 Å². The summed E-state index contributed by atoms with van der Waals surface area (Å²) in [6.07, 6.45) is 5.25. The summed E-state index contributed by atoms with van der Waals surface area (Å²) in [4.78, 5) is 2.64. The Hall–Kier alpha value is -1.06. The van der Waals surface area contributed by atoms with Gasteiger partial charge in [0.2, 0.25) is 0 Å². The van der Waals surface area contributed by atoms with Gasteiger partial charge in [-0.05, 0) is 44.8 Å². The largest absolute Gasteiger partial charge is 0.508 e. The number of para-hydroxylation sites is 1. The molecule has 0 amide bonds. The van der Waals surface area contributed by atoms with E-state index >= 15 is 0 Å². The Morgan fingerprint density at radius 1 is 1.22 bits per heavy atom. The van der Waals surface area contributed by atoms with E-state index in [1.165, 1.54) is 38.8 Å². The summed E-state index contributed by atoms with van der Waals surface area (Å²) in [6, 6.07) is 9.03. The van der Waals surface area contributed by atoms with Crippen LogP contribution in [0.2, 0.25) is 0 Å². The second-order valence-electron chi connectivity index (χ2n) is 5.56. The molecule has 0 saturated carbocycles. The third-order valence-electron chi connectivity index (χ3n) is 4.39. The van der Waals surface area contributed by atoms with Crippen LogP contribution < -0.4 is 5.32 Å². The van der Waals surface area contributed by atoms with Gasteiger partial charge in [-0.25, -0.2) is 0 Å². The van der Waals surface area contributed by atoms with Gasteiger partial charge in [0.05, 0.1) is 0 Å². The number of nitrogens with one attached hydrogen (secondary N) is 1. The average molecular weight is 246 g/mol. The molecule has 0 aromatic heterocycles. The molecule has 98 valence electrons. The molecule has 2 aliphatic rings. The first-order valence-electron chi connectivity index (χ1n) is 7.07. The van der Waals surface area contributed by atoms with Crippen molar-refractivity contribution in [2.45, 2.75) is 44.3 Å². The Balaban J connectivity index is 1.53. The highest BCUT2D eigenvalue weighted by Gasteiger charge is 2.31. The molecule has 1 aromatic rings. The summed E-state index contributed by atoms with van der Waals surface area (Å²) in [5.41, 5.74) is 1.01. The number of fused-ring (bicyclic) bond motifs is 1. The molecule has 0 aliphatic carbocycles. The third-order valence-corrected chi connectivity index (χ3v) is 4.39. The molecule has 0 spiro atoms. The average Bonchev–Trinajstić information content (AvgIpc) is 2.85. The van der Waals surface area contributed by atoms with Gasteiger partial charge in [-0.3, -0.25) is 0 Å². The van der Waals surface area contributed by atoms with Gasteiger partial charge in [0.15, 0.2) is 0 Å². The van der Waals surface area contributed by atoms with Gasteiger partial charge < -0.3 is 15.3 Å². The van der Waals surface area contributed by atoms with Crippen LogP contribution in [0.25, 0.3) is 0 Å². The second-order valence-corrected chi connectivity index (χ2v) is 5.56. The Bertz CT molecular complexity index is 407. The number of hydrogen-bond acceptors (Lipinski definition) is 3. The van der Waals surface area contributed by atoms with Crippen LogP contribution in [0.15, 0.2) is 24.3 Å². The lowest BCUT2D eigenvalue weighted by Crippen LogP contribution is -2.45. The molecule has 0 bridgehead atoms. The molecule has 2 heterocycles. The van der Waals surface area contributed by atoms with Gasteiger partial charge in [-0.15, -0.1) is 0 Å². The number of phenols is 1. The SMILES string of the molecule is Oc1ccccc1CNC1CCN2CCCC2C1. The first-order chi connectivity index (χ1) is 8.83. The molecular weight excluding hydrogens is 224 g/mol. The molecule has 3 heteroatoms. The molecular formula is C15H22N2O. The van der Waals surface area contributed by atoms with E-state index in [9.17, 15) is 5.11 Å². The van der Waals surface area contributed by atoms with Crippen molar-refractivity contribution >= 4 is 0 Å². The molecule has 18 heavy (non-hydrogen) atoms. The Morgan fingerprint density at radius 2 is 2.11 bits per heavy atom. The zero-order valence-electron chi connectivity index (χ0n) is 10.8. The summed E-state index contributed by atoms with van der Waals surface area (Å²) < 4.78 is 0. The smallest absolute Gasteiger partial charge is 0.120 e. The minimum Gasteiger partial charge on any atom is -0.508 e. The van der Waals surface area contributed by atoms with Crippen molar-refractivity contribution in [3.05, 3.63) is 29.8 Å². The molecule has 0 radical (unpaired) electrons. The zero-order valence-corrected chi connectivity index (χ0v) is 10.8. The Morgan fingerprint density at radius 3 is 3.00 bits per heavy atom. The van der Waals surface area contributed by atoms with Gasteiger partial charge >= 0.3 is 0 Å². The lowest BCUT2D eigenvalue weighted by molar-refractivity contribution is 0.166. The maximum Gasteiger partial charge on any atom is 0.120 e. The fraction of sp³-hybridized carbons (Fsp3) is 0.600. The van der Waals surface area contributed by atoms with Crippen LogP contribution in [0.1, 0.15) is 31.2 Å². The van der Waals surface area contributed by atoms with Crippen molar-refractivity contribution in [3.8, 4) is 5.75 Å². The minimum atomic E-state index is 0.406. The lowest BCUT2D eigenvalue weighted by Gasteiger charge is -2.35. The van der Waals surface area contributed by atoms with Crippen molar-refractivity contribution < 1.29 is 5.11 Å². The monoisotopic (exact) mass is 246 g/mol. The molecule has 2 atom stereocenters. The number of nitrogens with zero attached hydrogens (tertiary/aromatic N) is 1. The van der Waals surface area contributed by atoms with Crippen molar-refractivity contribution in [1.82, 2.24) is 10.2 Å². The molecule has 2 N–H and O–H groups in total. The highest BCUT2D eigenvalue weighted by atomic mass is 16.3. The summed E-state index contributed by atoms with van der Waals surface area (Å²) >= 11 is 0. The Labute approximate surface area is 109 Å². The summed E-state index contributed by atoms with van der Waals surface area (Å²) in [5, 5.41) is 13.3. The van der Waals surface area contributed by atoms with Crippen LogP contribution in [0.3, 0.4) is 0 Å². The van der Waals surface area contributed by atoms with E-state index < -0.39 is 0 Å². The zero-order chi connectivity index (χ0) is 12.4. The van der Waals surface area contributed by atoms with Crippen LogP contribution in [-0.4, -0.2) is 35.2 Å². The van der Waals surface area contributed by atoms with Crippen LogP contribution in [0.4, 0.5) is 0 Å². The maximum atomic E-state index is 9.74. The van der Waals surface area contributed by atoms with E-state index in [4.69, 9.17) is 0 Å². The summed E-state index contributed by atoms with van der Waals surface area (Å²) in [7, 11) is 0. The molecule has 3 nitrogen and oxygen atoms in total. The van der Waals surface area contributed by atoms with Gasteiger partial charge in [-0.2, -0.15) is 0 Å². The van der Waals surface area contributed by atoms with E-state index in [1.54, 1.807) is 6.07 Å². The normalized spacial score (nSPS) is 28.2. The fourth-order valence-corrected chi connectivity index (χ4v) is 3.32. The summed E-state index contributed by atoms with van der Waals surface area (Å²) in [6.45, 7) is 3.32. The number of benzene rings is 1. The molecule has 2 fully saturated rings. The van der Waals surface area contributed by atoms with E-state index in [0.717, 1.165) is 18.2 Å². The maximum absolute atomic E-state index is 9.74. The van der Waals surface area contributed by atoms with E-state index in [1.807, 2.05) is 18.2 Å². The lowest BCUT2D eigenvalue weighted by atomic mass is 9.97. The third kappa shape index (κ3) is 2.52. The van der Waals surface area contributed by atoms with Crippen molar-refractivity contribution in [3.63, 3.8) is 0 Å². The number of hydrogen-bond donors (Lipinski definition) is 2. The van der Waals surface area contributed by atoms with Crippen LogP contribution in [0.5, 0.6) is 5.75 Å². The predicted molar refractivity (Wildman–Crippen MR) is 72.6 cm³/mol. The van der Waals surface area contributed by atoms with Crippen LogP contribution in [-0.2, 0) is 6.54 Å². The van der Waals surface area contributed by atoms with Crippen LogP contribution >= 0.6 is 0 Å². The van der Waals surface area contributed by atoms with Crippen molar-refractivity contribution in [2.75, 3.05) is 13.1 Å². The van der Waals surface area contributed by atoms with Gasteiger partial charge in [0, 0.05) is 24.2 Å². The minimum absolute atomic E-state index is 0.406. The highest BCUT2D eigenvalue weighted by molar-refractivity contribution is 5.31. The number of aromatic hydroxyl groups is 1. The van der Waals surface area contributed by atoms with Crippen LogP contribution in [0, 0.1) is 0 Å². The van der Waals surface area contributed by atoms with E-state index in [2.05, 4.69) is 10.2 Å². The molecule has 3 rings (SSSR count). The van der Waals surface area contributed by atoms with Gasteiger partial charge in [0.1, 0.15) is 5.75 Å². The molecule has 1 aromatic carbocycles. The first-order valence-corrected chi connectivity index (χ1v) is 7.07. The standard InChI is InChI=1S/C15H22N2O/c18-15-6-2-1-4-12(15)11-16-13-7-9-17-8-3-5-14(17)10-13/h1-2,4,6,13-14,16,18H,3,5,7-11H2. The molecule has 2 saturated heterocycles. The highest BCUT2D eigenvalue weighted by Crippen LogP contribution is 2.27. The van der Waals surface area contributed by atoms with Crippen molar-refractivity contribution in [1.29, 1.82) is 0 Å². The van der Waals surface area contributed by atoms with E-state index in [0.29, 0.717) is 11.8 Å². The number of phenolic OH excluding ortho intramolecular Hbond substituents is 1. The number of piperidine rings is 1. The van der Waals surface area contributed by atoms with Crippen molar-refractivity contribution in [2.24, 2.45) is 0 Å². The fourth-order valence-electron chi connectivity index (χ4n) is 3.32. The summed E-state index contributed by atoms with van der Waals surface area (Å²) in [5.74, 6) is 0.406. The topological polar surface area (TPSA) is 35.5 Å². The molecule has 2 aliphatic heterocycles. The second kappa shape index (κ2) is 5.29. The quantitative estimate of drug-likeness (QED) is 0.857. The first kappa shape index (κ1) is 12.0. The Kier molecular flexibility index (Phi) is 3.52. The van der Waals surface area contributed by atoms with Gasteiger partial charge in [-0.1, -0.05) is 18.2 Å². The predicted octanol–water partition coefficient (Wildman–Crippen LogP) is 2.11. The van der Waals surface area contributed by atoms with Gasteiger partial charge in [0.25, 0.3) is 0 Å². The molecule has 2 unspecified atom stereocenters. The number of rotatable bonds is 3.